The van der Waals surface area contributed by atoms with Gasteiger partial charge in [0.2, 0.25) is 0 Å². The van der Waals surface area contributed by atoms with Gasteiger partial charge in [0.25, 0.3) is 0 Å². The predicted molar refractivity (Wildman–Crippen MR) is 76.1 cm³/mol. The van der Waals surface area contributed by atoms with Gasteiger partial charge in [0.15, 0.2) is 0 Å². The highest BCUT2D eigenvalue weighted by Gasteiger charge is 2.63. The third-order valence-electron chi connectivity index (χ3n) is 6.20. The van der Waals surface area contributed by atoms with Crippen LogP contribution in [0, 0.1) is 11.3 Å². The first kappa shape index (κ1) is 13.3. The van der Waals surface area contributed by atoms with E-state index in [2.05, 4.69) is 6.92 Å². The molecule has 0 N–H and O–H groups in total. The largest absolute Gasteiger partial charge is 0.372 e. The Balaban J connectivity index is 1.36. The van der Waals surface area contributed by atoms with Gasteiger partial charge in [-0.3, -0.25) is 0 Å². The van der Waals surface area contributed by atoms with Gasteiger partial charge >= 0.3 is 0 Å². The molecule has 0 radical (unpaired) electrons. The Hall–Kier alpha value is -0.160. The molecule has 2 heterocycles. The summed E-state index contributed by atoms with van der Waals surface area (Å²) >= 11 is 0. The molecule has 4 atom stereocenters. The predicted octanol–water partition coefficient (Wildman–Crippen LogP) is 2.30. The molecule has 0 amide bonds. The Morgan fingerprint density at radius 2 is 1.38 bits per heavy atom. The number of hydrogen-bond acceptors (Lipinski definition) is 4. The standard InChI is InChI=1S/C17H26O4/c1-15-2-12-3-16(9-15,20-7-13-5-18-13)11-17(4-12,10-15)21-8-14-6-19-14/h12-14H,2-11H2,1H3. The van der Waals surface area contributed by atoms with Crippen LogP contribution in [0.4, 0.5) is 0 Å². The van der Waals surface area contributed by atoms with Crippen molar-refractivity contribution >= 4 is 0 Å². The number of ether oxygens (including phenoxy) is 4. The molecule has 4 aliphatic carbocycles. The first-order chi connectivity index (χ1) is 10.1. The minimum absolute atomic E-state index is 0.0600. The van der Waals surface area contributed by atoms with E-state index < -0.39 is 0 Å². The maximum absolute atomic E-state index is 6.44. The molecule has 0 aromatic carbocycles. The Morgan fingerprint density at radius 1 is 0.857 bits per heavy atom. The van der Waals surface area contributed by atoms with Crippen molar-refractivity contribution in [2.24, 2.45) is 11.3 Å². The van der Waals surface area contributed by atoms with Crippen LogP contribution in [0.3, 0.4) is 0 Å². The molecule has 2 saturated heterocycles. The van der Waals surface area contributed by atoms with Crippen LogP contribution in [0.5, 0.6) is 0 Å². The van der Waals surface area contributed by atoms with Gasteiger partial charge in [-0.05, 0) is 43.4 Å². The number of epoxide rings is 2. The summed E-state index contributed by atoms with van der Waals surface area (Å²) in [5.74, 6) is 0.784. The first-order valence-corrected chi connectivity index (χ1v) is 8.57. The summed E-state index contributed by atoms with van der Waals surface area (Å²) < 4.78 is 23.6. The smallest absolute Gasteiger partial charge is 0.104 e. The van der Waals surface area contributed by atoms with Crippen molar-refractivity contribution in [3.05, 3.63) is 0 Å². The van der Waals surface area contributed by atoms with Gasteiger partial charge in [-0.25, -0.2) is 0 Å². The van der Waals surface area contributed by atoms with Crippen molar-refractivity contribution in [3.63, 3.8) is 0 Å². The van der Waals surface area contributed by atoms with Crippen LogP contribution >= 0.6 is 0 Å². The van der Waals surface area contributed by atoms with Crippen LogP contribution in [0.15, 0.2) is 0 Å². The fourth-order valence-corrected chi connectivity index (χ4v) is 5.92. The number of hydrogen-bond donors (Lipinski definition) is 0. The highest BCUT2D eigenvalue weighted by atomic mass is 16.6. The zero-order valence-corrected chi connectivity index (χ0v) is 12.9. The van der Waals surface area contributed by atoms with Gasteiger partial charge in [-0.15, -0.1) is 0 Å². The van der Waals surface area contributed by atoms with E-state index in [1.807, 2.05) is 0 Å². The van der Waals surface area contributed by atoms with Gasteiger partial charge in [0, 0.05) is 6.42 Å². The zero-order valence-electron chi connectivity index (χ0n) is 12.9. The normalized spacial score (nSPS) is 56.7. The zero-order chi connectivity index (χ0) is 14.1. The van der Waals surface area contributed by atoms with E-state index in [0.717, 1.165) is 38.8 Å². The van der Waals surface area contributed by atoms with Crippen molar-refractivity contribution in [2.45, 2.75) is 68.9 Å². The lowest BCUT2D eigenvalue weighted by Crippen LogP contribution is -2.64. The molecule has 6 rings (SSSR count). The molecule has 4 heteroatoms. The average Bonchev–Trinajstić information content (AvgIpc) is 3.25. The van der Waals surface area contributed by atoms with E-state index >= 15 is 0 Å². The third kappa shape index (κ3) is 2.44. The monoisotopic (exact) mass is 294 g/mol. The fourth-order valence-electron chi connectivity index (χ4n) is 5.92. The lowest BCUT2D eigenvalue weighted by Gasteiger charge is -2.65. The molecule has 4 unspecified atom stereocenters. The lowest BCUT2D eigenvalue weighted by molar-refractivity contribution is -0.259. The second-order valence-corrected chi connectivity index (χ2v) is 8.72. The first-order valence-electron chi connectivity index (χ1n) is 8.57. The molecule has 0 aromatic heterocycles. The van der Waals surface area contributed by atoms with Gasteiger partial charge < -0.3 is 18.9 Å². The van der Waals surface area contributed by atoms with E-state index in [1.165, 1.54) is 32.1 Å². The molecule has 6 fully saturated rings. The van der Waals surface area contributed by atoms with Crippen LogP contribution in [0.2, 0.25) is 0 Å². The van der Waals surface area contributed by atoms with Crippen LogP contribution in [-0.4, -0.2) is 49.8 Å². The van der Waals surface area contributed by atoms with Crippen LogP contribution in [0.1, 0.15) is 45.4 Å². The topological polar surface area (TPSA) is 43.5 Å². The third-order valence-corrected chi connectivity index (χ3v) is 6.20. The molecular formula is C17H26O4. The van der Waals surface area contributed by atoms with Crippen LogP contribution in [0.25, 0.3) is 0 Å². The summed E-state index contributed by atoms with van der Waals surface area (Å²) in [5, 5.41) is 0. The molecule has 2 aliphatic heterocycles. The summed E-state index contributed by atoms with van der Waals surface area (Å²) in [4.78, 5) is 0. The highest BCUT2D eigenvalue weighted by Crippen LogP contribution is 2.65. The van der Waals surface area contributed by atoms with E-state index in [0.29, 0.717) is 17.6 Å². The van der Waals surface area contributed by atoms with Gasteiger partial charge in [0.1, 0.15) is 12.2 Å². The summed E-state index contributed by atoms with van der Waals surface area (Å²) in [6.07, 6.45) is 8.09. The molecule has 4 saturated carbocycles. The Kier molecular flexibility index (Phi) is 2.67. The SMILES string of the molecule is CC12CC3CC(OCC4CO4)(C1)CC(OCC1CO1)(C3)C2. The summed E-state index contributed by atoms with van der Waals surface area (Å²) in [6.45, 7) is 5.79. The Labute approximate surface area is 126 Å². The van der Waals surface area contributed by atoms with Crippen molar-refractivity contribution in [1.29, 1.82) is 0 Å². The molecule has 4 bridgehead atoms. The molecule has 118 valence electrons. The minimum atomic E-state index is 0.0600. The second-order valence-electron chi connectivity index (χ2n) is 8.72. The Morgan fingerprint density at radius 3 is 1.81 bits per heavy atom. The summed E-state index contributed by atoms with van der Waals surface area (Å²) in [5.41, 5.74) is 0.531. The van der Waals surface area contributed by atoms with Crippen molar-refractivity contribution in [2.75, 3.05) is 26.4 Å². The molecule has 6 aliphatic rings. The summed E-state index contributed by atoms with van der Waals surface area (Å²) in [7, 11) is 0. The van der Waals surface area contributed by atoms with E-state index in [9.17, 15) is 0 Å². The molecule has 4 nitrogen and oxygen atoms in total. The van der Waals surface area contributed by atoms with Gasteiger partial charge in [0.05, 0.1) is 37.6 Å². The minimum Gasteiger partial charge on any atom is -0.372 e. The van der Waals surface area contributed by atoms with Crippen molar-refractivity contribution in [3.8, 4) is 0 Å². The molecule has 21 heavy (non-hydrogen) atoms. The highest BCUT2D eigenvalue weighted by molar-refractivity contribution is 5.15. The Bertz CT molecular complexity index is 410. The molecular weight excluding hydrogens is 268 g/mol. The lowest BCUT2D eigenvalue weighted by atomic mass is 9.46. The van der Waals surface area contributed by atoms with Crippen molar-refractivity contribution in [1.82, 2.24) is 0 Å². The van der Waals surface area contributed by atoms with E-state index in [-0.39, 0.29) is 11.2 Å². The van der Waals surface area contributed by atoms with Crippen LogP contribution in [-0.2, 0) is 18.9 Å². The molecule has 0 aromatic rings. The maximum Gasteiger partial charge on any atom is 0.104 e. The fraction of sp³-hybridized carbons (Fsp3) is 1.00. The average molecular weight is 294 g/mol. The van der Waals surface area contributed by atoms with Crippen molar-refractivity contribution < 1.29 is 18.9 Å². The van der Waals surface area contributed by atoms with E-state index in [4.69, 9.17) is 18.9 Å². The number of rotatable bonds is 6. The quantitative estimate of drug-likeness (QED) is 0.705. The van der Waals surface area contributed by atoms with Crippen LogP contribution < -0.4 is 0 Å². The second kappa shape index (κ2) is 4.22. The van der Waals surface area contributed by atoms with E-state index in [1.54, 1.807) is 0 Å². The molecule has 0 spiro atoms. The maximum atomic E-state index is 6.44. The van der Waals surface area contributed by atoms with Gasteiger partial charge in [-0.2, -0.15) is 0 Å². The summed E-state index contributed by atoms with van der Waals surface area (Å²) in [6, 6.07) is 0. The van der Waals surface area contributed by atoms with Gasteiger partial charge in [-0.1, -0.05) is 6.92 Å².